The minimum absolute atomic E-state index is 0.0583. The van der Waals surface area contributed by atoms with Crippen LogP contribution in [-0.2, 0) is 4.79 Å². The number of rotatable bonds is 1. The lowest BCUT2D eigenvalue weighted by atomic mass is 9.50. The molecule has 2 nitrogen and oxygen atoms in total. The molecule has 0 heterocycles. The summed E-state index contributed by atoms with van der Waals surface area (Å²) in [4.78, 5) is 11.9. The average Bonchev–Trinajstić information content (AvgIpc) is 2.80. The Balaban J connectivity index is 1.64. The Bertz CT molecular complexity index is 554. The first kappa shape index (κ1) is 16.3. The van der Waals surface area contributed by atoms with E-state index in [1.165, 1.54) is 24.8 Å². The van der Waals surface area contributed by atoms with Gasteiger partial charge in [0, 0.05) is 16.7 Å². The normalized spacial score (nSPS) is 50.6. The van der Waals surface area contributed by atoms with E-state index in [0.29, 0.717) is 17.6 Å². The summed E-state index contributed by atoms with van der Waals surface area (Å²) in [5, 5.41) is 11.4. The fraction of sp³-hybridized carbons (Fsp3) is 0.850. The molecule has 0 aromatic heterocycles. The molecule has 3 fully saturated rings. The Morgan fingerprint density at radius 2 is 1.96 bits per heavy atom. The number of alkyl halides is 1. The summed E-state index contributed by atoms with van der Waals surface area (Å²) in [6, 6.07) is 0. The number of fused-ring (bicyclic) bond motifs is 5. The molecule has 7 atom stereocenters. The first-order valence-electron chi connectivity index (χ1n) is 9.46. The van der Waals surface area contributed by atoms with Crippen molar-refractivity contribution in [3.05, 3.63) is 11.6 Å². The lowest BCUT2D eigenvalue weighted by Crippen LogP contribution is -2.55. The number of hydrogen-bond donors (Lipinski definition) is 1. The maximum Gasteiger partial charge on any atom is 0.155 e. The number of halogens is 1. The second kappa shape index (κ2) is 5.42. The summed E-state index contributed by atoms with van der Waals surface area (Å²) >= 11 is 3.71. The summed E-state index contributed by atoms with van der Waals surface area (Å²) in [6.45, 7) is 4.47. The molecule has 0 bridgehead atoms. The van der Waals surface area contributed by atoms with E-state index in [4.69, 9.17) is 0 Å². The van der Waals surface area contributed by atoms with Gasteiger partial charge in [-0.25, -0.2) is 0 Å². The molecule has 4 rings (SSSR count). The van der Waals surface area contributed by atoms with Crippen LogP contribution in [0.5, 0.6) is 0 Å². The quantitative estimate of drug-likeness (QED) is 0.672. The highest BCUT2D eigenvalue weighted by atomic mass is 79.9. The van der Waals surface area contributed by atoms with Crippen molar-refractivity contribution in [2.24, 2.45) is 29.1 Å². The summed E-state index contributed by atoms with van der Waals surface area (Å²) in [6.07, 6.45) is 10.6. The zero-order chi connectivity index (χ0) is 16.4. The van der Waals surface area contributed by atoms with Crippen LogP contribution in [0.4, 0.5) is 0 Å². The van der Waals surface area contributed by atoms with Crippen LogP contribution in [0.1, 0.15) is 65.2 Å². The molecule has 0 spiro atoms. The van der Waals surface area contributed by atoms with Gasteiger partial charge >= 0.3 is 0 Å². The number of hydrogen-bond acceptors (Lipinski definition) is 2. The molecule has 128 valence electrons. The molecule has 0 aromatic carbocycles. The van der Waals surface area contributed by atoms with Gasteiger partial charge in [-0.05, 0) is 81.6 Å². The number of aliphatic hydroxyl groups is 1. The monoisotopic (exact) mass is 380 g/mol. The second-order valence-corrected chi connectivity index (χ2v) is 10.2. The maximum absolute atomic E-state index is 11.8. The van der Waals surface area contributed by atoms with Crippen LogP contribution in [0.25, 0.3) is 0 Å². The summed E-state index contributed by atoms with van der Waals surface area (Å²) in [5.74, 6) is 3.17. The Morgan fingerprint density at radius 1 is 1.17 bits per heavy atom. The van der Waals surface area contributed by atoms with Crippen LogP contribution >= 0.6 is 15.9 Å². The molecule has 3 heteroatoms. The molecule has 0 amide bonds. The van der Waals surface area contributed by atoms with Crippen molar-refractivity contribution in [2.45, 2.75) is 75.6 Å². The summed E-state index contributed by atoms with van der Waals surface area (Å²) in [5.41, 5.74) is 0.956. The smallest absolute Gasteiger partial charge is 0.155 e. The zero-order valence-electron chi connectivity index (χ0n) is 14.4. The predicted octanol–water partition coefficient (Wildman–Crippen LogP) is 4.64. The van der Waals surface area contributed by atoms with Gasteiger partial charge in [0.2, 0.25) is 0 Å². The van der Waals surface area contributed by atoms with Crippen LogP contribution in [-0.4, -0.2) is 21.3 Å². The molecule has 0 aliphatic heterocycles. The lowest BCUT2D eigenvalue weighted by Gasteiger charge is -2.56. The van der Waals surface area contributed by atoms with Gasteiger partial charge in [-0.1, -0.05) is 28.4 Å². The average molecular weight is 381 g/mol. The third-order valence-corrected chi connectivity index (χ3v) is 8.93. The van der Waals surface area contributed by atoms with Crippen molar-refractivity contribution in [1.82, 2.24) is 0 Å². The molecule has 4 aliphatic carbocycles. The molecule has 0 radical (unpaired) electrons. The minimum Gasteiger partial charge on any atom is -0.388 e. The molecule has 0 aromatic rings. The Hall–Kier alpha value is -0.150. The number of allylic oxidation sites excluding steroid dienone is 1. The van der Waals surface area contributed by atoms with Crippen molar-refractivity contribution >= 4 is 21.7 Å². The number of ketones is 1. The molecule has 3 saturated carbocycles. The van der Waals surface area contributed by atoms with Crippen molar-refractivity contribution in [3.8, 4) is 0 Å². The first-order chi connectivity index (χ1) is 10.9. The van der Waals surface area contributed by atoms with Crippen molar-refractivity contribution in [3.63, 3.8) is 0 Å². The molecular weight excluding hydrogens is 352 g/mol. The fourth-order valence-electron chi connectivity index (χ4n) is 6.89. The zero-order valence-corrected chi connectivity index (χ0v) is 15.9. The van der Waals surface area contributed by atoms with Crippen LogP contribution in [0, 0.1) is 29.1 Å². The summed E-state index contributed by atoms with van der Waals surface area (Å²) < 4.78 is 0. The number of carbonyl (C=O) groups is 1. The van der Waals surface area contributed by atoms with Gasteiger partial charge < -0.3 is 5.11 Å². The Kier molecular flexibility index (Phi) is 3.85. The molecule has 2 unspecified atom stereocenters. The second-order valence-electron chi connectivity index (χ2n) is 8.84. The summed E-state index contributed by atoms with van der Waals surface area (Å²) in [7, 11) is 0. The van der Waals surface area contributed by atoms with Crippen LogP contribution in [0.3, 0.4) is 0 Å². The highest BCUT2D eigenvalue weighted by Crippen LogP contribution is 2.66. The third kappa shape index (κ3) is 2.18. The molecular formula is C20H29BrO2. The van der Waals surface area contributed by atoms with Gasteiger partial charge in [0.1, 0.15) is 0 Å². The van der Waals surface area contributed by atoms with Gasteiger partial charge in [-0.3, -0.25) is 4.79 Å². The topological polar surface area (TPSA) is 37.3 Å². The van der Waals surface area contributed by atoms with E-state index in [0.717, 1.165) is 43.9 Å². The highest BCUT2D eigenvalue weighted by molar-refractivity contribution is 9.09. The maximum atomic E-state index is 11.8. The molecule has 1 N–H and O–H groups in total. The van der Waals surface area contributed by atoms with Crippen molar-refractivity contribution < 1.29 is 9.90 Å². The lowest BCUT2D eigenvalue weighted by molar-refractivity contribution is -0.120. The van der Waals surface area contributed by atoms with Gasteiger partial charge in [0.05, 0.1) is 5.60 Å². The Labute approximate surface area is 148 Å². The Morgan fingerprint density at radius 3 is 2.70 bits per heavy atom. The van der Waals surface area contributed by atoms with E-state index in [9.17, 15) is 9.90 Å². The van der Waals surface area contributed by atoms with Crippen LogP contribution in [0.2, 0.25) is 0 Å². The van der Waals surface area contributed by atoms with E-state index in [-0.39, 0.29) is 10.2 Å². The van der Waals surface area contributed by atoms with Gasteiger partial charge in [-0.2, -0.15) is 0 Å². The van der Waals surface area contributed by atoms with Crippen molar-refractivity contribution in [1.29, 1.82) is 0 Å². The molecule has 23 heavy (non-hydrogen) atoms. The molecule has 0 saturated heterocycles. The van der Waals surface area contributed by atoms with Crippen LogP contribution < -0.4 is 0 Å². The van der Waals surface area contributed by atoms with Gasteiger partial charge in [0.15, 0.2) is 5.78 Å². The largest absolute Gasteiger partial charge is 0.388 e. The highest BCUT2D eigenvalue weighted by Gasteiger charge is 2.63. The van der Waals surface area contributed by atoms with Gasteiger partial charge in [-0.15, -0.1) is 0 Å². The van der Waals surface area contributed by atoms with E-state index < -0.39 is 5.60 Å². The van der Waals surface area contributed by atoms with E-state index in [1.807, 2.05) is 6.08 Å². The van der Waals surface area contributed by atoms with E-state index in [1.54, 1.807) is 0 Å². The standard InChI is InChI=1S/C20H29BrO2/c1-12(21)20(23)10-8-18-17-5-3-13-11-14(22)4-6-15(13)16(17)7-9-19(18,20)2/h11-12,15-18,23H,3-10H2,1-2H3/t12?,15-,16+,17+,18-,19-,20?/m0/s1. The number of carbonyl (C=O) groups excluding carboxylic acids is 1. The minimum atomic E-state index is -0.554. The van der Waals surface area contributed by atoms with Crippen LogP contribution in [0.15, 0.2) is 11.6 Å². The SMILES string of the molecule is CC(Br)C1(O)CC[C@H]2[C@@H]3CCC4=CC(=O)CC[C@@H]4[C@H]3CC[C@@]21C. The predicted molar refractivity (Wildman–Crippen MR) is 95.4 cm³/mol. The van der Waals surface area contributed by atoms with Gasteiger partial charge in [0.25, 0.3) is 0 Å². The van der Waals surface area contributed by atoms with E-state index >= 15 is 0 Å². The first-order valence-corrected chi connectivity index (χ1v) is 10.4. The van der Waals surface area contributed by atoms with E-state index in [2.05, 4.69) is 29.8 Å². The van der Waals surface area contributed by atoms with Crippen molar-refractivity contribution in [2.75, 3.05) is 0 Å². The fourth-order valence-corrected chi connectivity index (χ4v) is 7.64. The third-order valence-electron chi connectivity index (χ3n) is 8.17. The molecule has 4 aliphatic rings.